The number of ether oxygens (including phenoxy) is 1. The molecule has 0 spiro atoms. The molecule has 1 saturated carbocycles. The van der Waals surface area contributed by atoms with E-state index in [0.29, 0.717) is 18.6 Å². The van der Waals surface area contributed by atoms with E-state index in [4.69, 9.17) is 9.26 Å². The van der Waals surface area contributed by atoms with Crippen molar-refractivity contribution in [3.05, 3.63) is 11.7 Å². The molecule has 17 heavy (non-hydrogen) atoms. The summed E-state index contributed by atoms with van der Waals surface area (Å²) >= 11 is 0. The highest BCUT2D eigenvalue weighted by molar-refractivity contribution is 5.05. The van der Waals surface area contributed by atoms with Gasteiger partial charge in [-0.25, -0.2) is 0 Å². The predicted octanol–water partition coefficient (Wildman–Crippen LogP) is 1.43. The van der Waals surface area contributed by atoms with Crippen molar-refractivity contribution in [3.8, 4) is 0 Å². The Morgan fingerprint density at radius 3 is 2.88 bits per heavy atom. The highest BCUT2D eigenvalue weighted by atomic mass is 16.5. The molecule has 2 unspecified atom stereocenters. The van der Waals surface area contributed by atoms with Crippen LogP contribution in [0.3, 0.4) is 0 Å². The Morgan fingerprint density at radius 2 is 2.18 bits per heavy atom. The number of rotatable bonds is 3. The van der Waals surface area contributed by atoms with Crippen molar-refractivity contribution in [2.45, 2.75) is 43.6 Å². The lowest BCUT2D eigenvalue weighted by Crippen LogP contribution is -2.39. The molecule has 3 rings (SSSR count). The highest BCUT2D eigenvalue weighted by Crippen LogP contribution is 2.35. The molecule has 94 valence electrons. The summed E-state index contributed by atoms with van der Waals surface area (Å²) in [7, 11) is 1.98. The second-order valence-corrected chi connectivity index (χ2v) is 4.98. The number of likely N-dealkylation sites (N-methyl/N-ethyl adjacent to an activating group) is 1. The van der Waals surface area contributed by atoms with E-state index in [0.717, 1.165) is 24.7 Å². The SMILES string of the molecule is CNC1CCOCC1c1nc(C2CCC2)no1. The van der Waals surface area contributed by atoms with E-state index in [2.05, 4.69) is 15.5 Å². The molecule has 1 aliphatic carbocycles. The summed E-state index contributed by atoms with van der Waals surface area (Å²) in [5, 5.41) is 7.42. The Kier molecular flexibility index (Phi) is 3.11. The summed E-state index contributed by atoms with van der Waals surface area (Å²) in [5.74, 6) is 2.37. The van der Waals surface area contributed by atoms with Gasteiger partial charge >= 0.3 is 0 Å². The Hall–Kier alpha value is -0.940. The van der Waals surface area contributed by atoms with Crippen LogP contribution in [0.2, 0.25) is 0 Å². The van der Waals surface area contributed by atoms with Crippen molar-refractivity contribution in [2.75, 3.05) is 20.3 Å². The van der Waals surface area contributed by atoms with Gasteiger partial charge in [0, 0.05) is 18.6 Å². The average Bonchev–Trinajstić information content (AvgIpc) is 2.76. The van der Waals surface area contributed by atoms with Crippen molar-refractivity contribution in [3.63, 3.8) is 0 Å². The molecule has 1 aromatic heterocycles. The Balaban J connectivity index is 1.75. The van der Waals surface area contributed by atoms with Gasteiger partial charge in [0.2, 0.25) is 5.89 Å². The predicted molar refractivity (Wildman–Crippen MR) is 61.9 cm³/mol. The molecule has 1 aliphatic heterocycles. The molecule has 2 fully saturated rings. The Morgan fingerprint density at radius 1 is 1.29 bits per heavy atom. The molecule has 2 aliphatic rings. The van der Waals surface area contributed by atoms with Gasteiger partial charge in [0.05, 0.1) is 12.5 Å². The zero-order valence-corrected chi connectivity index (χ0v) is 10.2. The van der Waals surface area contributed by atoms with Crippen LogP contribution >= 0.6 is 0 Å². The van der Waals surface area contributed by atoms with Gasteiger partial charge in [-0.15, -0.1) is 0 Å². The van der Waals surface area contributed by atoms with Gasteiger partial charge in [0.1, 0.15) is 0 Å². The largest absolute Gasteiger partial charge is 0.381 e. The molecule has 0 aromatic carbocycles. The average molecular weight is 237 g/mol. The van der Waals surface area contributed by atoms with Gasteiger partial charge in [-0.2, -0.15) is 4.98 Å². The number of hydrogen-bond acceptors (Lipinski definition) is 5. The van der Waals surface area contributed by atoms with Crippen LogP contribution in [0.1, 0.15) is 49.2 Å². The third kappa shape index (κ3) is 2.09. The first-order valence-electron chi connectivity index (χ1n) is 6.47. The molecule has 2 heterocycles. The third-order valence-corrected chi connectivity index (χ3v) is 3.97. The minimum Gasteiger partial charge on any atom is -0.381 e. The zero-order chi connectivity index (χ0) is 11.7. The van der Waals surface area contributed by atoms with E-state index in [1.165, 1.54) is 19.3 Å². The van der Waals surface area contributed by atoms with Crippen LogP contribution in [0.25, 0.3) is 0 Å². The maximum absolute atomic E-state index is 5.51. The molecule has 1 aromatic rings. The van der Waals surface area contributed by atoms with Gasteiger partial charge in [-0.3, -0.25) is 0 Å². The van der Waals surface area contributed by atoms with Crippen molar-refractivity contribution in [2.24, 2.45) is 0 Å². The fraction of sp³-hybridized carbons (Fsp3) is 0.833. The van der Waals surface area contributed by atoms with Crippen LogP contribution < -0.4 is 5.32 Å². The van der Waals surface area contributed by atoms with Gasteiger partial charge in [0.15, 0.2) is 5.82 Å². The first-order chi connectivity index (χ1) is 8.38. The second-order valence-electron chi connectivity index (χ2n) is 4.98. The van der Waals surface area contributed by atoms with E-state index in [9.17, 15) is 0 Å². The van der Waals surface area contributed by atoms with Gasteiger partial charge in [-0.1, -0.05) is 11.6 Å². The minimum absolute atomic E-state index is 0.204. The van der Waals surface area contributed by atoms with E-state index >= 15 is 0 Å². The fourth-order valence-electron chi connectivity index (χ4n) is 2.56. The van der Waals surface area contributed by atoms with Crippen LogP contribution in [-0.2, 0) is 4.74 Å². The Bertz CT molecular complexity index is 376. The van der Waals surface area contributed by atoms with Crippen LogP contribution in [0.4, 0.5) is 0 Å². The third-order valence-electron chi connectivity index (χ3n) is 3.97. The second kappa shape index (κ2) is 4.74. The summed E-state index contributed by atoms with van der Waals surface area (Å²) in [6.45, 7) is 1.49. The van der Waals surface area contributed by atoms with Crippen LogP contribution in [0.15, 0.2) is 4.52 Å². The molecule has 0 amide bonds. The minimum atomic E-state index is 0.204. The van der Waals surface area contributed by atoms with Crippen LogP contribution in [0, 0.1) is 0 Å². The first-order valence-corrected chi connectivity index (χ1v) is 6.47. The summed E-state index contributed by atoms with van der Waals surface area (Å²) in [6.07, 6.45) is 4.70. The zero-order valence-electron chi connectivity index (χ0n) is 10.2. The lowest BCUT2D eigenvalue weighted by Gasteiger charge is -2.28. The van der Waals surface area contributed by atoms with Crippen molar-refractivity contribution >= 4 is 0 Å². The molecule has 0 radical (unpaired) electrons. The van der Waals surface area contributed by atoms with Crippen LogP contribution in [-0.4, -0.2) is 36.4 Å². The normalized spacial score (nSPS) is 30.2. The molecule has 1 saturated heterocycles. The molecule has 2 atom stereocenters. The van der Waals surface area contributed by atoms with Gasteiger partial charge in [-0.05, 0) is 26.3 Å². The Labute approximate surface area is 101 Å². The van der Waals surface area contributed by atoms with E-state index < -0.39 is 0 Å². The molecule has 5 heteroatoms. The number of nitrogens with one attached hydrogen (secondary N) is 1. The van der Waals surface area contributed by atoms with E-state index in [1.807, 2.05) is 7.05 Å². The van der Waals surface area contributed by atoms with Crippen molar-refractivity contribution in [1.29, 1.82) is 0 Å². The highest BCUT2D eigenvalue weighted by Gasteiger charge is 2.32. The molecule has 0 bridgehead atoms. The quantitative estimate of drug-likeness (QED) is 0.861. The lowest BCUT2D eigenvalue weighted by molar-refractivity contribution is 0.0516. The summed E-state index contributed by atoms with van der Waals surface area (Å²) in [4.78, 5) is 4.56. The number of aromatic nitrogens is 2. The topological polar surface area (TPSA) is 60.2 Å². The molecular formula is C12H19N3O2. The molecule has 5 nitrogen and oxygen atoms in total. The maximum atomic E-state index is 5.51. The summed E-state index contributed by atoms with van der Waals surface area (Å²) in [6, 6.07) is 0.387. The maximum Gasteiger partial charge on any atom is 0.233 e. The molecule has 1 N–H and O–H groups in total. The van der Waals surface area contributed by atoms with Gasteiger partial charge in [0.25, 0.3) is 0 Å². The fourth-order valence-corrected chi connectivity index (χ4v) is 2.56. The van der Waals surface area contributed by atoms with Gasteiger partial charge < -0.3 is 14.6 Å². The smallest absolute Gasteiger partial charge is 0.233 e. The lowest BCUT2D eigenvalue weighted by atomic mass is 9.85. The van der Waals surface area contributed by atoms with E-state index in [-0.39, 0.29) is 5.92 Å². The standard InChI is InChI=1S/C12H19N3O2/c1-13-10-5-6-16-7-9(10)12-14-11(15-17-12)8-3-2-4-8/h8-10,13H,2-7H2,1H3. The van der Waals surface area contributed by atoms with E-state index in [1.54, 1.807) is 0 Å². The van der Waals surface area contributed by atoms with Crippen LogP contribution in [0.5, 0.6) is 0 Å². The molecular weight excluding hydrogens is 218 g/mol. The summed E-state index contributed by atoms with van der Waals surface area (Å²) < 4.78 is 10.9. The number of hydrogen-bond donors (Lipinski definition) is 1. The van der Waals surface area contributed by atoms with Crippen molar-refractivity contribution < 1.29 is 9.26 Å². The van der Waals surface area contributed by atoms with Crippen molar-refractivity contribution in [1.82, 2.24) is 15.5 Å². The monoisotopic (exact) mass is 237 g/mol. The first kappa shape index (κ1) is 11.2. The summed E-state index contributed by atoms with van der Waals surface area (Å²) in [5.41, 5.74) is 0. The number of nitrogens with zero attached hydrogens (tertiary/aromatic N) is 2.